The smallest absolute Gasteiger partial charge is 0.0599 e. The summed E-state index contributed by atoms with van der Waals surface area (Å²) in [7, 11) is 0. The van der Waals surface area contributed by atoms with Gasteiger partial charge in [0.05, 0.1) is 6.10 Å². The van der Waals surface area contributed by atoms with E-state index in [4.69, 9.17) is 0 Å². The number of rotatable bonds is 3. The van der Waals surface area contributed by atoms with Crippen molar-refractivity contribution in [2.45, 2.75) is 46.6 Å². The quantitative estimate of drug-likeness (QED) is 0.665. The second-order valence-corrected chi connectivity index (χ2v) is 4.68. The van der Waals surface area contributed by atoms with E-state index < -0.39 is 0 Å². The van der Waals surface area contributed by atoms with Crippen molar-refractivity contribution in [3.8, 4) is 0 Å². The molecule has 1 N–H and O–H groups in total. The summed E-state index contributed by atoms with van der Waals surface area (Å²) in [5.41, 5.74) is 0.419. The Morgan fingerprint density at radius 1 is 1.55 bits per heavy atom. The lowest BCUT2D eigenvalue weighted by atomic mass is 9.94. The van der Waals surface area contributed by atoms with Crippen LogP contribution < -0.4 is 0 Å². The molecule has 0 heterocycles. The normalized spacial score (nSPS) is 33.0. The third kappa shape index (κ3) is 1.76. The highest BCUT2D eigenvalue weighted by Crippen LogP contribution is 2.54. The first-order valence-electron chi connectivity index (χ1n) is 4.67. The van der Waals surface area contributed by atoms with Gasteiger partial charge in [-0.2, -0.15) is 0 Å². The van der Waals surface area contributed by atoms with Crippen LogP contribution in [0.2, 0.25) is 0 Å². The van der Waals surface area contributed by atoms with Crippen LogP contribution in [0.4, 0.5) is 0 Å². The molecule has 0 bridgehead atoms. The van der Waals surface area contributed by atoms with Gasteiger partial charge >= 0.3 is 0 Å². The van der Waals surface area contributed by atoms with E-state index in [-0.39, 0.29) is 6.10 Å². The van der Waals surface area contributed by atoms with Crippen LogP contribution in [0.5, 0.6) is 0 Å². The average Bonchev–Trinajstić information content (AvgIpc) is 2.56. The van der Waals surface area contributed by atoms with Crippen molar-refractivity contribution >= 4 is 0 Å². The standard InChI is InChI=1S/C10H20O/c1-5-7(2)9(11)8-6-10(8,3)4/h7-9,11H,5-6H2,1-4H3. The number of aliphatic hydroxyl groups excluding tert-OH is 1. The number of hydrogen-bond acceptors (Lipinski definition) is 1. The molecule has 1 fully saturated rings. The highest BCUT2D eigenvalue weighted by Gasteiger charge is 2.50. The molecule has 0 amide bonds. The Hall–Kier alpha value is -0.0400. The van der Waals surface area contributed by atoms with Crippen LogP contribution in [0.15, 0.2) is 0 Å². The van der Waals surface area contributed by atoms with Crippen LogP contribution in [-0.2, 0) is 0 Å². The summed E-state index contributed by atoms with van der Waals surface area (Å²) in [6.07, 6.45) is 2.24. The molecule has 0 spiro atoms. The minimum Gasteiger partial charge on any atom is -0.393 e. The maximum Gasteiger partial charge on any atom is 0.0599 e. The van der Waals surface area contributed by atoms with Gasteiger partial charge in [-0.25, -0.2) is 0 Å². The maximum atomic E-state index is 9.79. The van der Waals surface area contributed by atoms with Gasteiger partial charge in [-0.1, -0.05) is 34.1 Å². The van der Waals surface area contributed by atoms with Gasteiger partial charge in [0.2, 0.25) is 0 Å². The van der Waals surface area contributed by atoms with E-state index >= 15 is 0 Å². The predicted octanol–water partition coefficient (Wildman–Crippen LogP) is 2.44. The fraction of sp³-hybridized carbons (Fsp3) is 1.00. The number of hydrogen-bond donors (Lipinski definition) is 1. The molecule has 1 nitrogen and oxygen atoms in total. The molecule has 1 heteroatoms. The summed E-state index contributed by atoms with van der Waals surface area (Å²) in [4.78, 5) is 0. The van der Waals surface area contributed by atoms with Gasteiger partial charge in [-0.3, -0.25) is 0 Å². The molecule has 0 aromatic rings. The van der Waals surface area contributed by atoms with E-state index in [0.717, 1.165) is 6.42 Å². The predicted molar refractivity (Wildman–Crippen MR) is 47.3 cm³/mol. The van der Waals surface area contributed by atoms with E-state index in [2.05, 4.69) is 27.7 Å². The van der Waals surface area contributed by atoms with Crippen molar-refractivity contribution in [3.63, 3.8) is 0 Å². The third-order valence-corrected chi connectivity index (χ3v) is 3.23. The average molecular weight is 156 g/mol. The Morgan fingerprint density at radius 3 is 2.27 bits per heavy atom. The zero-order valence-corrected chi connectivity index (χ0v) is 8.09. The lowest BCUT2D eigenvalue weighted by Gasteiger charge is -2.18. The summed E-state index contributed by atoms with van der Waals surface area (Å²) in [5.74, 6) is 1.04. The molecule has 0 saturated heterocycles. The fourth-order valence-corrected chi connectivity index (χ4v) is 1.73. The van der Waals surface area contributed by atoms with E-state index in [1.54, 1.807) is 0 Å². The van der Waals surface area contributed by atoms with Gasteiger partial charge in [0.25, 0.3) is 0 Å². The lowest BCUT2D eigenvalue weighted by Crippen LogP contribution is -2.21. The van der Waals surface area contributed by atoms with E-state index in [1.165, 1.54) is 6.42 Å². The Balaban J connectivity index is 2.39. The highest BCUT2D eigenvalue weighted by atomic mass is 16.3. The molecule has 1 saturated carbocycles. The lowest BCUT2D eigenvalue weighted by molar-refractivity contribution is 0.0810. The SMILES string of the molecule is CCC(C)C(O)C1CC1(C)C. The molecule has 11 heavy (non-hydrogen) atoms. The molecular formula is C10H20O. The second-order valence-electron chi connectivity index (χ2n) is 4.68. The van der Waals surface area contributed by atoms with Crippen LogP contribution in [-0.4, -0.2) is 11.2 Å². The van der Waals surface area contributed by atoms with Crippen molar-refractivity contribution in [1.82, 2.24) is 0 Å². The Bertz CT molecular complexity index is 140. The van der Waals surface area contributed by atoms with Crippen LogP contribution >= 0.6 is 0 Å². The summed E-state index contributed by atoms with van der Waals surface area (Å²) >= 11 is 0. The van der Waals surface area contributed by atoms with Crippen LogP contribution in [0, 0.1) is 17.3 Å². The summed E-state index contributed by atoms with van der Waals surface area (Å²) < 4.78 is 0. The van der Waals surface area contributed by atoms with Crippen LogP contribution in [0.3, 0.4) is 0 Å². The Labute approximate surface area is 69.8 Å². The van der Waals surface area contributed by atoms with Crippen LogP contribution in [0.1, 0.15) is 40.5 Å². The molecule has 0 aromatic heterocycles. The summed E-state index contributed by atoms with van der Waals surface area (Å²) in [5, 5.41) is 9.79. The first-order valence-corrected chi connectivity index (χ1v) is 4.67. The monoisotopic (exact) mass is 156 g/mol. The van der Waals surface area contributed by atoms with E-state index in [0.29, 0.717) is 17.3 Å². The van der Waals surface area contributed by atoms with Gasteiger partial charge in [0.15, 0.2) is 0 Å². The molecular weight excluding hydrogens is 136 g/mol. The molecule has 0 aliphatic heterocycles. The zero-order valence-electron chi connectivity index (χ0n) is 8.09. The maximum absolute atomic E-state index is 9.79. The number of aliphatic hydroxyl groups is 1. The minimum absolute atomic E-state index is 0.0602. The Kier molecular flexibility index (Phi) is 2.29. The molecule has 0 aromatic carbocycles. The van der Waals surface area contributed by atoms with Crippen molar-refractivity contribution in [2.24, 2.45) is 17.3 Å². The fourth-order valence-electron chi connectivity index (χ4n) is 1.73. The van der Waals surface area contributed by atoms with Gasteiger partial charge in [-0.15, -0.1) is 0 Å². The molecule has 1 aliphatic carbocycles. The second kappa shape index (κ2) is 2.78. The van der Waals surface area contributed by atoms with Gasteiger partial charge < -0.3 is 5.11 Å². The van der Waals surface area contributed by atoms with Gasteiger partial charge in [0, 0.05) is 0 Å². The first kappa shape index (κ1) is 9.05. The summed E-state index contributed by atoms with van der Waals surface area (Å²) in [6.45, 7) is 8.76. The third-order valence-electron chi connectivity index (χ3n) is 3.23. The van der Waals surface area contributed by atoms with Crippen LogP contribution in [0.25, 0.3) is 0 Å². The first-order chi connectivity index (χ1) is 4.99. The van der Waals surface area contributed by atoms with Gasteiger partial charge in [0.1, 0.15) is 0 Å². The summed E-state index contributed by atoms with van der Waals surface area (Å²) in [6, 6.07) is 0. The van der Waals surface area contributed by atoms with Crippen molar-refractivity contribution in [2.75, 3.05) is 0 Å². The topological polar surface area (TPSA) is 20.2 Å². The van der Waals surface area contributed by atoms with Crippen molar-refractivity contribution in [3.05, 3.63) is 0 Å². The minimum atomic E-state index is -0.0602. The highest BCUT2D eigenvalue weighted by molar-refractivity contribution is 5.00. The van der Waals surface area contributed by atoms with Gasteiger partial charge in [-0.05, 0) is 23.7 Å². The zero-order chi connectivity index (χ0) is 8.65. The van der Waals surface area contributed by atoms with Crippen molar-refractivity contribution in [1.29, 1.82) is 0 Å². The molecule has 66 valence electrons. The molecule has 3 atom stereocenters. The molecule has 3 unspecified atom stereocenters. The molecule has 0 radical (unpaired) electrons. The Morgan fingerprint density at radius 2 is 2.00 bits per heavy atom. The molecule has 1 aliphatic rings. The van der Waals surface area contributed by atoms with Crippen molar-refractivity contribution < 1.29 is 5.11 Å². The van der Waals surface area contributed by atoms with E-state index in [1.807, 2.05) is 0 Å². The largest absolute Gasteiger partial charge is 0.393 e. The molecule has 1 rings (SSSR count). The van der Waals surface area contributed by atoms with E-state index in [9.17, 15) is 5.11 Å².